The quantitative estimate of drug-likeness (QED) is 0.520. The third-order valence-electron chi connectivity index (χ3n) is 7.49. The van der Waals surface area contributed by atoms with Crippen molar-refractivity contribution in [2.45, 2.75) is 32.2 Å². The van der Waals surface area contributed by atoms with Gasteiger partial charge < -0.3 is 15.4 Å². The van der Waals surface area contributed by atoms with Gasteiger partial charge >= 0.3 is 0 Å². The molecule has 1 aliphatic heterocycles. The van der Waals surface area contributed by atoms with E-state index >= 15 is 0 Å². The molecule has 8 heteroatoms. The van der Waals surface area contributed by atoms with Gasteiger partial charge in [-0.3, -0.25) is 9.36 Å². The van der Waals surface area contributed by atoms with Crippen LogP contribution in [0.2, 0.25) is 10.0 Å². The largest absolute Gasteiger partial charge is 0.495 e. The average Bonchev–Trinajstić information content (AvgIpc) is 3.12. The molecule has 0 saturated carbocycles. The van der Waals surface area contributed by atoms with Crippen LogP contribution in [0.1, 0.15) is 41.4 Å². The summed E-state index contributed by atoms with van der Waals surface area (Å²) in [5.41, 5.74) is 10.3. The van der Waals surface area contributed by atoms with Gasteiger partial charge in [-0.1, -0.05) is 35.2 Å². The zero-order valence-electron chi connectivity index (χ0n) is 19.6. The predicted molar refractivity (Wildman–Crippen MR) is 140 cm³/mol. The van der Waals surface area contributed by atoms with Crippen LogP contribution in [-0.2, 0) is 6.42 Å². The van der Waals surface area contributed by atoms with Crippen LogP contribution in [-0.4, -0.2) is 29.8 Å². The molecule has 0 unspecified atom stereocenters. The van der Waals surface area contributed by atoms with Gasteiger partial charge in [-0.05, 0) is 67.0 Å². The molecular formula is C27H26Cl2N4O2. The van der Waals surface area contributed by atoms with Crippen LogP contribution in [0, 0.1) is 24.7 Å². The summed E-state index contributed by atoms with van der Waals surface area (Å²) in [6.45, 7) is 3.33. The Bertz CT molecular complexity index is 1420. The Balaban J connectivity index is 1.39. The van der Waals surface area contributed by atoms with Crippen molar-refractivity contribution in [1.82, 2.24) is 9.55 Å². The van der Waals surface area contributed by atoms with E-state index < -0.39 is 0 Å². The van der Waals surface area contributed by atoms with Crippen molar-refractivity contribution in [3.63, 3.8) is 0 Å². The lowest BCUT2D eigenvalue weighted by atomic mass is 9.73. The van der Waals surface area contributed by atoms with Crippen LogP contribution < -0.4 is 20.9 Å². The number of terminal acetylenes is 1. The van der Waals surface area contributed by atoms with Crippen molar-refractivity contribution in [1.29, 1.82) is 0 Å². The molecule has 0 radical (unpaired) electrons. The zero-order chi connectivity index (χ0) is 24.9. The summed E-state index contributed by atoms with van der Waals surface area (Å²) in [4.78, 5) is 20.1. The van der Waals surface area contributed by atoms with Crippen molar-refractivity contribution in [2.75, 3.05) is 25.1 Å². The number of anilines is 1. The maximum Gasteiger partial charge on any atom is 0.260 e. The van der Waals surface area contributed by atoms with E-state index in [-0.39, 0.29) is 27.1 Å². The Kier molecular flexibility index (Phi) is 6.04. The summed E-state index contributed by atoms with van der Waals surface area (Å²) in [6.07, 6.45) is 8.37. The highest BCUT2D eigenvalue weighted by atomic mass is 35.5. The fraction of sp³-hybridized carbons (Fsp3) is 0.333. The molecule has 0 amide bonds. The van der Waals surface area contributed by atoms with Gasteiger partial charge in [-0.2, -0.15) is 0 Å². The van der Waals surface area contributed by atoms with Gasteiger partial charge in [-0.15, -0.1) is 6.42 Å². The molecular weight excluding hydrogens is 483 g/mol. The van der Waals surface area contributed by atoms with Crippen molar-refractivity contribution < 1.29 is 4.74 Å². The lowest BCUT2D eigenvalue weighted by Gasteiger charge is -2.42. The topological polar surface area (TPSA) is 73.4 Å². The van der Waals surface area contributed by atoms with Gasteiger partial charge in [0.05, 0.1) is 17.8 Å². The second kappa shape index (κ2) is 8.91. The molecule has 2 aliphatic rings. The van der Waals surface area contributed by atoms with Gasteiger partial charge in [0.1, 0.15) is 22.4 Å². The summed E-state index contributed by atoms with van der Waals surface area (Å²) in [6, 6.07) is 11.1. The number of fused-ring (bicyclic) bond motifs is 1. The Hall–Kier alpha value is -2.98. The molecule has 35 heavy (non-hydrogen) atoms. The van der Waals surface area contributed by atoms with Crippen molar-refractivity contribution in [2.24, 2.45) is 11.1 Å². The number of piperidine rings is 1. The molecule has 2 N–H and O–H groups in total. The number of aromatic nitrogens is 2. The van der Waals surface area contributed by atoms with E-state index in [1.807, 2.05) is 6.07 Å². The van der Waals surface area contributed by atoms with E-state index in [4.69, 9.17) is 45.1 Å². The minimum Gasteiger partial charge on any atom is -0.495 e. The number of benzene rings is 2. The fourth-order valence-corrected chi connectivity index (χ4v) is 5.99. The van der Waals surface area contributed by atoms with E-state index in [2.05, 4.69) is 23.0 Å². The third-order valence-corrected chi connectivity index (χ3v) is 8.35. The smallest absolute Gasteiger partial charge is 0.260 e. The Morgan fingerprint density at radius 3 is 2.57 bits per heavy atom. The molecule has 1 saturated heterocycles. The average molecular weight is 509 g/mol. The van der Waals surface area contributed by atoms with Crippen LogP contribution in [0.15, 0.2) is 41.2 Å². The number of hydrogen-bond donors (Lipinski definition) is 1. The maximum absolute atomic E-state index is 13.2. The molecule has 3 aromatic rings. The SMILES string of the molecule is C#Cc1ccc2c(c1)[C@@H](N)C1(CCN(c3cc(=O)n(-c4ccc(OC)c(Cl)c4Cl)c(C)n3)CC1)C2. The molecule has 2 heterocycles. The second-order valence-corrected chi connectivity index (χ2v) is 10.1. The van der Waals surface area contributed by atoms with Gasteiger partial charge in [0.2, 0.25) is 0 Å². The number of nitrogens with two attached hydrogens (primary N) is 1. The molecule has 1 fully saturated rings. The zero-order valence-corrected chi connectivity index (χ0v) is 21.2. The van der Waals surface area contributed by atoms with Crippen molar-refractivity contribution in [3.05, 3.63) is 79.3 Å². The van der Waals surface area contributed by atoms with Crippen molar-refractivity contribution in [3.8, 4) is 23.8 Å². The first kappa shape index (κ1) is 23.7. The highest BCUT2D eigenvalue weighted by Gasteiger charge is 2.46. The van der Waals surface area contributed by atoms with Crippen LogP contribution >= 0.6 is 23.2 Å². The summed E-state index contributed by atoms with van der Waals surface area (Å²) >= 11 is 12.8. The van der Waals surface area contributed by atoms with Gasteiger partial charge in [-0.25, -0.2) is 4.98 Å². The molecule has 180 valence electrons. The summed E-state index contributed by atoms with van der Waals surface area (Å²) < 4.78 is 6.68. The van der Waals surface area contributed by atoms with Crippen LogP contribution in [0.4, 0.5) is 5.82 Å². The standard InChI is InChI=1S/C27H26Cl2N4O2/c1-4-17-5-6-18-15-27(26(30)19(18)13-17)9-11-32(12-10-27)22-14-23(34)33(16(2)31-22)20-7-8-21(35-3)25(29)24(20)28/h1,5-8,13-14,26H,9-12,15,30H2,2-3H3/t26-/m1/s1. The fourth-order valence-electron chi connectivity index (χ4n) is 5.51. The molecule has 1 atom stereocenters. The molecule has 6 nitrogen and oxygen atoms in total. The lowest BCUT2D eigenvalue weighted by molar-refractivity contribution is 0.187. The predicted octanol–water partition coefficient (Wildman–Crippen LogP) is 4.68. The van der Waals surface area contributed by atoms with Crippen LogP contribution in [0.5, 0.6) is 5.75 Å². The first-order valence-electron chi connectivity index (χ1n) is 11.5. The van der Waals surface area contributed by atoms with Gasteiger partial charge in [0, 0.05) is 30.8 Å². The Morgan fingerprint density at radius 1 is 1.17 bits per heavy atom. The molecule has 5 rings (SSSR count). The molecule has 0 bridgehead atoms. The minimum absolute atomic E-state index is 0.00343. The molecule has 1 aromatic heterocycles. The molecule has 2 aromatic carbocycles. The highest BCUT2D eigenvalue weighted by molar-refractivity contribution is 6.44. The minimum atomic E-state index is -0.220. The lowest BCUT2D eigenvalue weighted by Crippen LogP contribution is -2.45. The molecule has 1 spiro atoms. The Labute approximate surface area is 214 Å². The van der Waals surface area contributed by atoms with E-state index in [9.17, 15) is 4.79 Å². The number of ether oxygens (including phenoxy) is 1. The van der Waals surface area contributed by atoms with Crippen LogP contribution in [0.3, 0.4) is 0 Å². The highest BCUT2D eigenvalue weighted by Crippen LogP contribution is 2.51. The van der Waals surface area contributed by atoms with Gasteiger partial charge in [0.25, 0.3) is 5.56 Å². The van der Waals surface area contributed by atoms with Crippen LogP contribution in [0.25, 0.3) is 5.69 Å². The van der Waals surface area contributed by atoms with E-state index in [1.54, 1.807) is 25.1 Å². The van der Waals surface area contributed by atoms with E-state index in [0.717, 1.165) is 37.9 Å². The maximum atomic E-state index is 13.2. The normalized spacial score (nSPS) is 18.4. The summed E-state index contributed by atoms with van der Waals surface area (Å²) in [5, 5.41) is 0.500. The number of methoxy groups -OCH3 is 1. The monoisotopic (exact) mass is 508 g/mol. The second-order valence-electron chi connectivity index (χ2n) is 9.31. The van der Waals surface area contributed by atoms with Crippen molar-refractivity contribution >= 4 is 29.0 Å². The number of rotatable bonds is 3. The first-order chi connectivity index (χ1) is 16.8. The third kappa shape index (κ3) is 3.88. The van der Waals surface area contributed by atoms with E-state index in [1.165, 1.54) is 22.8 Å². The van der Waals surface area contributed by atoms with E-state index in [0.29, 0.717) is 23.1 Å². The Morgan fingerprint density at radius 2 is 1.91 bits per heavy atom. The number of aryl methyl sites for hydroxylation is 1. The summed E-state index contributed by atoms with van der Waals surface area (Å²) in [5.74, 6) is 4.35. The number of hydrogen-bond acceptors (Lipinski definition) is 5. The number of halogens is 2. The number of nitrogens with zero attached hydrogens (tertiary/aromatic N) is 3. The summed E-state index contributed by atoms with van der Waals surface area (Å²) in [7, 11) is 1.51. The first-order valence-corrected chi connectivity index (χ1v) is 12.3. The molecule has 1 aliphatic carbocycles. The van der Waals surface area contributed by atoms with Gasteiger partial charge in [0.15, 0.2) is 0 Å².